The molecule has 8 heteroatoms. The van der Waals surface area contributed by atoms with Crippen LogP contribution in [0.1, 0.15) is 30.9 Å². The zero-order chi connectivity index (χ0) is 17.2. The van der Waals surface area contributed by atoms with Crippen molar-refractivity contribution in [2.75, 3.05) is 6.54 Å². The highest BCUT2D eigenvalue weighted by atomic mass is 19.4. The van der Waals surface area contributed by atoms with E-state index in [0.717, 1.165) is 12.1 Å². The Kier molecular flexibility index (Phi) is 4.91. The van der Waals surface area contributed by atoms with Gasteiger partial charge in [-0.3, -0.25) is 9.59 Å². The van der Waals surface area contributed by atoms with Crippen molar-refractivity contribution in [3.8, 4) is 0 Å². The van der Waals surface area contributed by atoms with Gasteiger partial charge in [-0.1, -0.05) is 6.07 Å². The summed E-state index contributed by atoms with van der Waals surface area (Å²) in [5, 5.41) is 2.40. The van der Waals surface area contributed by atoms with Gasteiger partial charge in [0.05, 0.1) is 5.56 Å². The molecule has 0 aromatic heterocycles. The predicted molar refractivity (Wildman–Crippen MR) is 73.7 cm³/mol. The number of benzene rings is 1. The van der Waals surface area contributed by atoms with Gasteiger partial charge in [0, 0.05) is 19.5 Å². The minimum absolute atomic E-state index is 0.148. The summed E-state index contributed by atoms with van der Waals surface area (Å²) in [5.41, 5.74) is -1.34. The molecule has 0 radical (unpaired) electrons. The van der Waals surface area contributed by atoms with E-state index in [2.05, 4.69) is 5.32 Å². The number of likely N-dealkylation sites (tertiary alicyclic amines) is 1. The molecule has 1 aliphatic rings. The maximum absolute atomic E-state index is 13.0. The van der Waals surface area contributed by atoms with Gasteiger partial charge in [-0.15, -0.1) is 0 Å². The highest BCUT2D eigenvalue weighted by Gasteiger charge is 2.36. The van der Waals surface area contributed by atoms with Gasteiger partial charge < -0.3 is 10.2 Å². The first-order valence-corrected chi connectivity index (χ1v) is 7.16. The third-order valence-electron chi connectivity index (χ3n) is 3.80. The minimum Gasteiger partial charge on any atom is -0.350 e. The fourth-order valence-electron chi connectivity index (χ4n) is 2.67. The molecule has 1 N–H and O–H groups in total. The molecule has 1 atom stereocenters. The first-order valence-electron chi connectivity index (χ1n) is 7.16. The smallest absolute Gasteiger partial charge is 0.350 e. The SMILES string of the molecule is CCN1C(=O)CC[C@H]1C(=O)NCc1ccc(F)cc1C(F)(F)F. The van der Waals surface area contributed by atoms with Crippen LogP contribution in [0, 0.1) is 5.82 Å². The van der Waals surface area contributed by atoms with Crippen molar-refractivity contribution in [2.45, 2.75) is 38.5 Å². The zero-order valence-electron chi connectivity index (χ0n) is 12.4. The number of halogens is 4. The third-order valence-corrected chi connectivity index (χ3v) is 3.80. The number of alkyl halides is 3. The van der Waals surface area contributed by atoms with Crippen LogP contribution in [0.3, 0.4) is 0 Å². The van der Waals surface area contributed by atoms with E-state index in [0.29, 0.717) is 19.0 Å². The van der Waals surface area contributed by atoms with Crippen molar-refractivity contribution in [1.29, 1.82) is 0 Å². The number of likely N-dealkylation sites (N-methyl/N-ethyl adjacent to an activating group) is 1. The molecule has 0 bridgehead atoms. The monoisotopic (exact) mass is 332 g/mol. The Balaban J connectivity index is 2.09. The average molecular weight is 332 g/mol. The van der Waals surface area contributed by atoms with Crippen molar-refractivity contribution in [3.63, 3.8) is 0 Å². The Morgan fingerprint density at radius 1 is 1.39 bits per heavy atom. The van der Waals surface area contributed by atoms with Crippen LogP contribution in [0.4, 0.5) is 17.6 Å². The summed E-state index contributed by atoms with van der Waals surface area (Å²) >= 11 is 0. The van der Waals surface area contributed by atoms with Crippen LogP contribution < -0.4 is 5.32 Å². The van der Waals surface area contributed by atoms with Crippen molar-refractivity contribution < 1.29 is 27.2 Å². The fourth-order valence-corrected chi connectivity index (χ4v) is 2.67. The standard InChI is InChI=1S/C15H16F4N2O2/c1-2-21-12(5-6-13(21)22)14(23)20-8-9-3-4-10(16)7-11(9)15(17,18)19/h3-4,7,12H,2,5-6,8H2,1H3,(H,20,23)/t12-/m0/s1. The highest BCUT2D eigenvalue weighted by molar-refractivity contribution is 5.90. The van der Waals surface area contributed by atoms with Crippen LogP contribution in [0.15, 0.2) is 18.2 Å². The second-order valence-corrected chi connectivity index (χ2v) is 5.25. The molecule has 1 aliphatic heterocycles. The van der Waals surface area contributed by atoms with E-state index in [1.165, 1.54) is 4.90 Å². The summed E-state index contributed by atoms with van der Waals surface area (Å²) in [6.45, 7) is 1.71. The molecule has 126 valence electrons. The molecule has 23 heavy (non-hydrogen) atoms. The number of amides is 2. The number of nitrogens with one attached hydrogen (secondary N) is 1. The van der Waals surface area contributed by atoms with Gasteiger partial charge in [0.2, 0.25) is 11.8 Å². The van der Waals surface area contributed by atoms with Gasteiger partial charge >= 0.3 is 6.18 Å². The van der Waals surface area contributed by atoms with E-state index < -0.39 is 29.5 Å². The molecule has 1 aromatic carbocycles. The molecule has 0 saturated carbocycles. The van der Waals surface area contributed by atoms with E-state index in [1.54, 1.807) is 6.92 Å². The number of hydrogen-bond donors (Lipinski definition) is 1. The van der Waals surface area contributed by atoms with Crippen molar-refractivity contribution >= 4 is 11.8 Å². The first kappa shape index (κ1) is 17.2. The summed E-state index contributed by atoms with van der Waals surface area (Å²) in [6.07, 6.45) is -4.12. The lowest BCUT2D eigenvalue weighted by molar-refractivity contribution is -0.138. The highest BCUT2D eigenvalue weighted by Crippen LogP contribution is 2.32. The lowest BCUT2D eigenvalue weighted by Gasteiger charge is -2.22. The summed E-state index contributed by atoms with van der Waals surface area (Å²) in [6, 6.07) is 1.64. The normalized spacial score (nSPS) is 18.4. The van der Waals surface area contributed by atoms with Crippen LogP contribution in [0.5, 0.6) is 0 Å². The number of carbonyl (C=O) groups excluding carboxylic acids is 2. The van der Waals surface area contributed by atoms with Crippen LogP contribution in [-0.4, -0.2) is 29.3 Å². The number of nitrogens with zero attached hydrogens (tertiary/aromatic N) is 1. The van der Waals surface area contributed by atoms with Gasteiger partial charge in [0.1, 0.15) is 11.9 Å². The van der Waals surface area contributed by atoms with Crippen LogP contribution in [-0.2, 0) is 22.3 Å². The number of hydrogen-bond acceptors (Lipinski definition) is 2. The summed E-state index contributed by atoms with van der Waals surface area (Å²) in [5.74, 6) is -1.65. The van der Waals surface area contributed by atoms with Crippen LogP contribution >= 0.6 is 0 Å². The summed E-state index contributed by atoms with van der Waals surface area (Å²) in [7, 11) is 0. The van der Waals surface area contributed by atoms with Crippen LogP contribution in [0.2, 0.25) is 0 Å². The summed E-state index contributed by atoms with van der Waals surface area (Å²) in [4.78, 5) is 25.1. The molecule has 0 spiro atoms. The minimum atomic E-state index is -4.71. The van der Waals surface area contributed by atoms with Crippen molar-refractivity contribution in [3.05, 3.63) is 35.1 Å². The molecule has 2 rings (SSSR count). The zero-order valence-corrected chi connectivity index (χ0v) is 12.4. The predicted octanol–water partition coefficient (Wildman–Crippen LogP) is 2.47. The van der Waals surface area contributed by atoms with Gasteiger partial charge in [0.15, 0.2) is 0 Å². The van der Waals surface area contributed by atoms with Gasteiger partial charge in [0.25, 0.3) is 0 Å². The van der Waals surface area contributed by atoms with E-state index in [9.17, 15) is 27.2 Å². The van der Waals surface area contributed by atoms with E-state index >= 15 is 0 Å². The van der Waals surface area contributed by atoms with E-state index in [4.69, 9.17) is 0 Å². The molecule has 1 saturated heterocycles. The molecule has 1 fully saturated rings. The number of rotatable bonds is 4. The lowest BCUT2D eigenvalue weighted by atomic mass is 10.1. The van der Waals surface area contributed by atoms with Gasteiger partial charge in [-0.05, 0) is 31.0 Å². The Morgan fingerprint density at radius 2 is 2.09 bits per heavy atom. The summed E-state index contributed by atoms with van der Waals surface area (Å²) < 4.78 is 51.7. The van der Waals surface area contributed by atoms with Crippen molar-refractivity contribution in [1.82, 2.24) is 10.2 Å². The molecule has 2 amide bonds. The molecule has 1 heterocycles. The van der Waals surface area contributed by atoms with Gasteiger partial charge in [-0.2, -0.15) is 13.2 Å². The largest absolute Gasteiger partial charge is 0.416 e. The number of carbonyl (C=O) groups is 2. The molecule has 0 unspecified atom stereocenters. The lowest BCUT2D eigenvalue weighted by Crippen LogP contribution is -2.44. The Hall–Kier alpha value is -2.12. The molecule has 4 nitrogen and oxygen atoms in total. The van der Waals surface area contributed by atoms with Crippen molar-refractivity contribution in [2.24, 2.45) is 0 Å². The van der Waals surface area contributed by atoms with E-state index in [-0.39, 0.29) is 24.4 Å². The quantitative estimate of drug-likeness (QED) is 0.861. The molecule has 0 aliphatic carbocycles. The third kappa shape index (κ3) is 3.80. The first-order chi connectivity index (χ1) is 10.7. The molecular weight excluding hydrogens is 316 g/mol. The Labute approximate surface area is 130 Å². The van der Waals surface area contributed by atoms with E-state index in [1.807, 2.05) is 0 Å². The fraction of sp³-hybridized carbons (Fsp3) is 0.467. The second-order valence-electron chi connectivity index (χ2n) is 5.25. The Morgan fingerprint density at radius 3 is 2.70 bits per heavy atom. The maximum Gasteiger partial charge on any atom is 0.416 e. The molecular formula is C15H16F4N2O2. The maximum atomic E-state index is 13.0. The topological polar surface area (TPSA) is 49.4 Å². The van der Waals surface area contributed by atoms with Gasteiger partial charge in [-0.25, -0.2) is 4.39 Å². The van der Waals surface area contributed by atoms with Crippen LogP contribution in [0.25, 0.3) is 0 Å². The second kappa shape index (κ2) is 6.55. The average Bonchev–Trinajstić information content (AvgIpc) is 2.85. The Bertz CT molecular complexity index is 616. The molecule has 1 aromatic rings.